The summed E-state index contributed by atoms with van der Waals surface area (Å²) in [5.74, 6) is -0.108. The van der Waals surface area contributed by atoms with Crippen LogP contribution in [0, 0.1) is 0 Å². The number of amides is 1. The number of hydrogen-bond donors (Lipinski definition) is 1. The van der Waals surface area contributed by atoms with E-state index < -0.39 is 0 Å². The van der Waals surface area contributed by atoms with E-state index in [0.717, 1.165) is 22.6 Å². The van der Waals surface area contributed by atoms with Gasteiger partial charge >= 0.3 is 0 Å². The number of nitrogens with one attached hydrogen (secondary N) is 1. The standard InChI is InChI=1S/C11H10Br2ClNO/c12-6-11(4-5-11)15-10(16)7-2-1-3-8(13)9(7)14/h1-3H,4-6H2,(H,15,16). The lowest BCUT2D eigenvalue weighted by molar-refractivity contribution is 0.0936. The molecule has 1 N–H and O–H groups in total. The topological polar surface area (TPSA) is 29.1 Å². The summed E-state index contributed by atoms with van der Waals surface area (Å²) in [6.07, 6.45) is 2.05. The minimum Gasteiger partial charge on any atom is -0.346 e. The number of alkyl halides is 1. The van der Waals surface area contributed by atoms with E-state index in [1.54, 1.807) is 12.1 Å². The van der Waals surface area contributed by atoms with Gasteiger partial charge in [0.25, 0.3) is 5.91 Å². The quantitative estimate of drug-likeness (QED) is 0.810. The Kier molecular flexibility index (Phi) is 3.62. The second kappa shape index (κ2) is 4.67. The largest absolute Gasteiger partial charge is 0.346 e. The molecule has 0 spiro atoms. The SMILES string of the molecule is O=C(NC1(CBr)CC1)c1cccc(Br)c1Cl. The predicted octanol–water partition coefficient (Wildman–Crippen LogP) is 3.76. The van der Waals surface area contributed by atoms with Crippen LogP contribution in [0.4, 0.5) is 0 Å². The van der Waals surface area contributed by atoms with E-state index in [9.17, 15) is 4.79 Å². The highest BCUT2D eigenvalue weighted by atomic mass is 79.9. The number of halogens is 3. The fraction of sp³-hybridized carbons (Fsp3) is 0.364. The van der Waals surface area contributed by atoms with Gasteiger partial charge in [0.15, 0.2) is 0 Å². The molecule has 1 amide bonds. The van der Waals surface area contributed by atoms with Crippen molar-refractivity contribution in [1.82, 2.24) is 5.32 Å². The van der Waals surface area contributed by atoms with Gasteiger partial charge in [-0.15, -0.1) is 0 Å². The monoisotopic (exact) mass is 365 g/mol. The van der Waals surface area contributed by atoms with Gasteiger partial charge < -0.3 is 5.32 Å². The Labute approximate surface area is 116 Å². The second-order valence-electron chi connectivity index (χ2n) is 3.97. The average Bonchev–Trinajstić information content (AvgIpc) is 3.02. The van der Waals surface area contributed by atoms with Crippen molar-refractivity contribution >= 4 is 49.4 Å². The van der Waals surface area contributed by atoms with Crippen LogP contribution in [0.3, 0.4) is 0 Å². The van der Waals surface area contributed by atoms with Crippen LogP contribution in [-0.4, -0.2) is 16.8 Å². The van der Waals surface area contributed by atoms with Gasteiger partial charge in [0, 0.05) is 9.80 Å². The van der Waals surface area contributed by atoms with Crippen LogP contribution in [0.25, 0.3) is 0 Å². The molecule has 0 heterocycles. The molecule has 1 fully saturated rings. The van der Waals surface area contributed by atoms with Gasteiger partial charge in [-0.25, -0.2) is 0 Å². The lowest BCUT2D eigenvalue weighted by Gasteiger charge is -2.15. The van der Waals surface area contributed by atoms with Gasteiger partial charge in [0.05, 0.1) is 16.1 Å². The van der Waals surface area contributed by atoms with E-state index in [1.807, 2.05) is 6.07 Å². The number of rotatable bonds is 3. The van der Waals surface area contributed by atoms with Crippen molar-refractivity contribution in [3.63, 3.8) is 0 Å². The summed E-state index contributed by atoms with van der Waals surface area (Å²) in [5, 5.41) is 4.26. The Balaban J connectivity index is 2.18. The van der Waals surface area contributed by atoms with Crippen LogP contribution in [0.15, 0.2) is 22.7 Å². The maximum absolute atomic E-state index is 12.0. The molecule has 1 aromatic rings. The molecule has 2 nitrogen and oxygen atoms in total. The number of carbonyl (C=O) groups is 1. The molecule has 0 saturated heterocycles. The molecular formula is C11H10Br2ClNO. The molecule has 0 radical (unpaired) electrons. The molecule has 1 saturated carbocycles. The van der Waals surface area contributed by atoms with Crippen molar-refractivity contribution in [2.75, 3.05) is 5.33 Å². The molecule has 5 heteroatoms. The second-order valence-corrected chi connectivity index (χ2v) is 5.76. The highest BCUT2D eigenvalue weighted by molar-refractivity contribution is 9.10. The smallest absolute Gasteiger partial charge is 0.253 e. The Hall–Kier alpha value is -0.0600. The van der Waals surface area contributed by atoms with Crippen LogP contribution >= 0.6 is 43.5 Å². The molecule has 0 atom stereocenters. The van der Waals surface area contributed by atoms with E-state index in [4.69, 9.17) is 11.6 Å². The van der Waals surface area contributed by atoms with Crippen LogP contribution in [0.1, 0.15) is 23.2 Å². The lowest BCUT2D eigenvalue weighted by Crippen LogP contribution is -2.38. The Morgan fingerprint density at radius 3 is 2.75 bits per heavy atom. The van der Waals surface area contributed by atoms with E-state index in [1.165, 1.54) is 0 Å². The first-order chi connectivity index (χ1) is 7.58. The molecule has 0 bridgehead atoms. The first-order valence-electron chi connectivity index (χ1n) is 4.90. The molecule has 1 aliphatic rings. The first kappa shape index (κ1) is 12.4. The third-order valence-electron chi connectivity index (χ3n) is 2.68. The summed E-state index contributed by atoms with van der Waals surface area (Å²) in [4.78, 5) is 12.0. The van der Waals surface area contributed by atoms with E-state index in [2.05, 4.69) is 37.2 Å². The first-order valence-corrected chi connectivity index (χ1v) is 7.20. The highest BCUT2D eigenvalue weighted by Gasteiger charge is 2.43. The zero-order chi connectivity index (χ0) is 11.8. The number of hydrogen-bond acceptors (Lipinski definition) is 1. The van der Waals surface area contributed by atoms with Gasteiger partial charge in [-0.2, -0.15) is 0 Å². The van der Waals surface area contributed by atoms with Crippen molar-refractivity contribution in [2.24, 2.45) is 0 Å². The van der Waals surface area contributed by atoms with Crippen molar-refractivity contribution in [2.45, 2.75) is 18.4 Å². The summed E-state index contributed by atoms with van der Waals surface area (Å²) in [6.45, 7) is 0. The summed E-state index contributed by atoms with van der Waals surface area (Å²) < 4.78 is 0.741. The average molecular weight is 367 g/mol. The molecule has 2 rings (SSSR count). The number of benzene rings is 1. The van der Waals surface area contributed by atoms with Crippen molar-refractivity contribution in [3.8, 4) is 0 Å². The Bertz CT molecular complexity index is 432. The normalized spacial score (nSPS) is 16.9. The molecule has 1 aromatic carbocycles. The maximum atomic E-state index is 12.0. The lowest BCUT2D eigenvalue weighted by atomic mass is 10.2. The maximum Gasteiger partial charge on any atom is 0.253 e. The Morgan fingerprint density at radius 2 is 2.19 bits per heavy atom. The van der Waals surface area contributed by atoms with Gasteiger partial charge in [-0.05, 0) is 40.9 Å². The molecule has 0 unspecified atom stereocenters. The van der Waals surface area contributed by atoms with Gasteiger partial charge in [-0.1, -0.05) is 33.6 Å². The summed E-state index contributed by atoms with van der Waals surface area (Å²) in [5.41, 5.74) is 0.464. The van der Waals surface area contributed by atoms with Crippen LogP contribution in [0.5, 0.6) is 0 Å². The van der Waals surface area contributed by atoms with Gasteiger partial charge in [0.2, 0.25) is 0 Å². The van der Waals surface area contributed by atoms with Crippen LogP contribution in [-0.2, 0) is 0 Å². The van der Waals surface area contributed by atoms with Gasteiger partial charge in [-0.3, -0.25) is 4.79 Å². The van der Waals surface area contributed by atoms with Crippen molar-refractivity contribution < 1.29 is 4.79 Å². The number of carbonyl (C=O) groups excluding carboxylic acids is 1. The van der Waals surface area contributed by atoms with Crippen molar-refractivity contribution in [1.29, 1.82) is 0 Å². The van der Waals surface area contributed by atoms with Crippen molar-refractivity contribution in [3.05, 3.63) is 33.3 Å². The van der Waals surface area contributed by atoms with E-state index >= 15 is 0 Å². The minimum atomic E-state index is -0.108. The zero-order valence-corrected chi connectivity index (χ0v) is 12.3. The summed E-state index contributed by atoms with van der Waals surface area (Å²) >= 11 is 12.8. The fourth-order valence-corrected chi connectivity index (χ4v) is 2.71. The molecule has 86 valence electrons. The van der Waals surface area contributed by atoms with Crippen LogP contribution < -0.4 is 5.32 Å². The third kappa shape index (κ3) is 2.44. The Morgan fingerprint density at radius 1 is 1.50 bits per heavy atom. The summed E-state index contributed by atoms with van der Waals surface area (Å²) in [7, 11) is 0. The highest BCUT2D eigenvalue weighted by Crippen LogP contribution is 2.37. The minimum absolute atomic E-state index is 0.0528. The molecular weight excluding hydrogens is 357 g/mol. The van der Waals surface area contributed by atoms with E-state index in [-0.39, 0.29) is 11.4 Å². The molecule has 0 aromatic heterocycles. The van der Waals surface area contributed by atoms with E-state index in [0.29, 0.717) is 10.6 Å². The zero-order valence-electron chi connectivity index (χ0n) is 8.40. The third-order valence-corrected chi connectivity index (χ3v) is 5.05. The fourth-order valence-electron chi connectivity index (χ4n) is 1.43. The predicted molar refractivity (Wildman–Crippen MR) is 72.4 cm³/mol. The molecule has 0 aliphatic heterocycles. The van der Waals surface area contributed by atoms with Crippen LogP contribution in [0.2, 0.25) is 5.02 Å². The summed E-state index contributed by atoms with van der Waals surface area (Å²) in [6, 6.07) is 5.35. The van der Waals surface area contributed by atoms with Gasteiger partial charge in [0.1, 0.15) is 0 Å². The molecule has 16 heavy (non-hydrogen) atoms. The molecule has 1 aliphatic carbocycles.